The van der Waals surface area contributed by atoms with Crippen molar-refractivity contribution >= 4 is 22.5 Å². The molecule has 1 aromatic carbocycles. The highest BCUT2D eigenvalue weighted by atomic mass is 19.1. The summed E-state index contributed by atoms with van der Waals surface area (Å²) in [4.78, 5) is 20.0. The van der Waals surface area contributed by atoms with Crippen LogP contribution >= 0.6 is 0 Å². The highest BCUT2D eigenvalue weighted by molar-refractivity contribution is 5.93. The number of nitrogens with zero attached hydrogens (tertiary/aromatic N) is 2. The molecule has 1 amide bonds. The van der Waals surface area contributed by atoms with Crippen LogP contribution in [0.25, 0.3) is 22.2 Å². The van der Waals surface area contributed by atoms with Gasteiger partial charge in [-0.2, -0.15) is 0 Å². The molecule has 0 saturated carbocycles. The van der Waals surface area contributed by atoms with Crippen LogP contribution in [0.5, 0.6) is 0 Å². The maximum absolute atomic E-state index is 14.1. The zero-order valence-electron chi connectivity index (χ0n) is 13.1. The fraction of sp³-hybridized carbons (Fsp3) is 0.167. The van der Waals surface area contributed by atoms with Gasteiger partial charge < -0.3 is 5.32 Å². The van der Waals surface area contributed by atoms with E-state index in [9.17, 15) is 9.18 Å². The summed E-state index contributed by atoms with van der Waals surface area (Å²) in [5.74, 6) is -0.791. The number of carbonyl (C=O) groups excluding carboxylic acids is 1. The number of aryl methyl sites for hydroxylation is 2. The molecule has 116 valence electrons. The largest absolute Gasteiger partial charge is 0.324 e. The normalized spacial score (nSPS) is 10.8. The summed E-state index contributed by atoms with van der Waals surface area (Å²) in [6, 6.07) is 8.74. The Morgan fingerprint density at radius 2 is 1.96 bits per heavy atom. The number of hydrogen-bond donors (Lipinski definition) is 1. The first kappa shape index (κ1) is 15.1. The minimum absolute atomic E-state index is 0.135. The fourth-order valence-corrected chi connectivity index (χ4v) is 2.47. The average Bonchev–Trinajstić information content (AvgIpc) is 2.49. The van der Waals surface area contributed by atoms with Gasteiger partial charge in [0.2, 0.25) is 5.91 Å². The lowest BCUT2D eigenvalue weighted by Gasteiger charge is -2.10. The van der Waals surface area contributed by atoms with Crippen LogP contribution in [0, 0.1) is 19.7 Å². The molecule has 3 rings (SSSR count). The van der Waals surface area contributed by atoms with Gasteiger partial charge in [0.15, 0.2) is 0 Å². The van der Waals surface area contributed by atoms with E-state index in [1.165, 1.54) is 13.0 Å². The average molecular weight is 309 g/mol. The molecule has 0 aliphatic rings. The lowest BCUT2D eigenvalue weighted by atomic mass is 10.1. The van der Waals surface area contributed by atoms with Crippen LogP contribution in [0.1, 0.15) is 18.2 Å². The molecule has 4 nitrogen and oxygen atoms in total. The molecule has 1 N–H and O–H groups in total. The van der Waals surface area contributed by atoms with Gasteiger partial charge in [-0.1, -0.05) is 0 Å². The minimum Gasteiger partial charge on any atom is -0.324 e. The highest BCUT2D eigenvalue weighted by Gasteiger charge is 2.11. The third-order valence-corrected chi connectivity index (χ3v) is 3.62. The Morgan fingerprint density at radius 3 is 2.61 bits per heavy atom. The van der Waals surface area contributed by atoms with Gasteiger partial charge in [0.1, 0.15) is 5.82 Å². The molecule has 23 heavy (non-hydrogen) atoms. The monoisotopic (exact) mass is 309 g/mol. The number of benzene rings is 1. The molecule has 0 unspecified atom stereocenters. The van der Waals surface area contributed by atoms with Crippen LogP contribution in [0.15, 0.2) is 36.5 Å². The number of halogens is 1. The third kappa shape index (κ3) is 3.04. The summed E-state index contributed by atoms with van der Waals surface area (Å²) in [6.45, 7) is 5.18. The van der Waals surface area contributed by atoms with E-state index < -0.39 is 5.82 Å². The zero-order valence-corrected chi connectivity index (χ0v) is 13.1. The second kappa shape index (κ2) is 5.76. The third-order valence-electron chi connectivity index (χ3n) is 3.62. The zero-order chi connectivity index (χ0) is 16.6. The van der Waals surface area contributed by atoms with Crippen molar-refractivity contribution in [3.8, 4) is 11.3 Å². The number of anilines is 1. The Kier molecular flexibility index (Phi) is 3.78. The van der Waals surface area contributed by atoms with Crippen molar-refractivity contribution in [1.82, 2.24) is 9.97 Å². The Labute approximate surface area is 133 Å². The van der Waals surface area contributed by atoms with E-state index in [1.54, 1.807) is 12.3 Å². The molecule has 2 aromatic heterocycles. The Hall–Kier alpha value is -2.82. The number of fused-ring (bicyclic) bond motifs is 1. The second-order valence-electron chi connectivity index (χ2n) is 5.54. The predicted octanol–water partition coefficient (Wildman–Crippen LogP) is 4.01. The van der Waals surface area contributed by atoms with E-state index in [2.05, 4.69) is 15.3 Å². The summed E-state index contributed by atoms with van der Waals surface area (Å²) in [7, 11) is 0. The Morgan fingerprint density at radius 1 is 1.17 bits per heavy atom. The molecule has 0 fully saturated rings. The van der Waals surface area contributed by atoms with Crippen molar-refractivity contribution in [2.75, 3.05) is 5.32 Å². The van der Waals surface area contributed by atoms with E-state index in [0.29, 0.717) is 5.52 Å². The van der Waals surface area contributed by atoms with Crippen molar-refractivity contribution < 1.29 is 9.18 Å². The molecule has 0 atom stereocenters. The smallest absolute Gasteiger partial charge is 0.221 e. The SMILES string of the molecule is CC(=O)Nc1cc2nc(-c3ccc(C)nc3)cc(C)c2cc1F. The molecule has 0 radical (unpaired) electrons. The van der Waals surface area contributed by atoms with Gasteiger partial charge in [-0.05, 0) is 49.7 Å². The molecule has 0 saturated heterocycles. The number of pyridine rings is 2. The lowest BCUT2D eigenvalue weighted by Crippen LogP contribution is -2.07. The second-order valence-corrected chi connectivity index (χ2v) is 5.54. The number of amides is 1. The fourth-order valence-electron chi connectivity index (χ4n) is 2.47. The summed E-state index contributed by atoms with van der Waals surface area (Å²) < 4.78 is 14.1. The quantitative estimate of drug-likeness (QED) is 0.778. The van der Waals surface area contributed by atoms with E-state index in [1.807, 2.05) is 32.0 Å². The van der Waals surface area contributed by atoms with Crippen molar-refractivity contribution in [2.45, 2.75) is 20.8 Å². The first-order valence-corrected chi connectivity index (χ1v) is 7.25. The number of hydrogen-bond acceptors (Lipinski definition) is 3. The van der Waals surface area contributed by atoms with Crippen LogP contribution in [-0.2, 0) is 4.79 Å². The summed E-state index contributed by atoms with van der Waals surface area (Å²) in [5, 5.41) is 3.21. The molecule has 3 aromatic rings. The standard InChI is InChI=1S/C18H16FN3O/c1-10-6-16(13-5-4-11(2)20-9-13)22-17-8-18(21-12(3)23)15(19)7-14(10)17/h4-9H,1-3H3,(H,21,23). The van der Waals surface area contributed by atoms with Gasteiger partial charge in [-0.15, -0.1) is 0 Å². The van der Waals surface area contributed by atoms with Gasteiger partial charge in [-0.3, -0.25) is 9.78 Å². The van der Waals surface area contributed by atoms with Crippen LogP contribution in [0.3, 0.4) is 0 Å². The lowest BCUT2D eigenvalue weighted by molar-refractivity contribution is -0.114. The molecule has 0 aliphatic carbocycles. The van der Waals surface area contributed by atoms with Gasteiger partial charge >= 0.3 is 0 Å². The van der Waals surface area contributed by atoms with E-state index in [4.69, 9.17) is 0 Å². The van der Waals surface area contributed by atoms with E-state index >= 15 is 0 Å². The molecule has 0 bridgehead atoms. The van der Waals surface area contributed by atoms with Gasteiger partial charge in [0.25, 0.3) is 0 Å². The predicted molar refractivity (Wildman–Crippen MR) is 88.7 cm³/mol. The van der Waals surface area contributed by atoms with Crippen LogP contribution in [0.2, 0.25) is 0 Å². The van der Waals surface area contributed by atoms with Gasteiger partial charge in [-0.25, -0.2) is 9.37 Å². The molecule has 0 spiro atoms. The maximum atomic E-state index is 14.1. The van der Waals surface area contributed by atoms with Crippen LogP contribution in [0.4, 0.5) is 10.1 Å². The van der Waals surface area contributed by atoms with E-state index in [0.717, 1.165) is 27.9 Å². The van der Waals surface area contributed by atoms with Crippen molar-refractivity contribution in [2.24, 2.45) is 0 Å². The van der Waals surface area contributed by atoms with Gasteiger partial charge in [0, 0.05) is 29.8 Å². The molecular weight excluding hydrogens is 293 g/mol. The number of rotatable bonds is 2. The molecular formula is C18H16FN3O. The summed E-state index contributed by atoms with van der Waals surface area (Å²) in [6.07, 6.45) is 1.77. The summed E-state index contributed by atoms with van der Waals surface area (Å²) >= 11 is 0. The topological polar surface area (TPSA) is 54.9 Å². The maximum Gasteiger partial charge on any atom is 0.221 e. The van der Waals surface area contributed by atoms with Crippen molar-refractivity contribution in [1.29, 1.82) is 0 Å². The number of carbonyl (C=O) groups is 1. The van der Waals surface area contributed by atoms with Crippen molar-refractivity contribution in [3.63, 3.8) is 0 Å². The molecule has 2 heterocycles. The Bertz CT molecular complexity index is 904. The van der Waals surface area contributed by atoms with E-state index in [-0.39, 0.29) is 11.6 Å². The highest BCUT2D eigenvalue weighted by Crippen LogP contribution is 2.28. The van der Waals surface area contributed by atoms with Crippen LogP contribution in [-0.4, -0.2) is 15.9 Å². The summed E-state index contributed by atoms with van der Waals surface area (Å²) in [5.41, 5.74) is 4.27. The number of nitrogens with one attached hydrogen (secondary N) is 1. The Balaban J connectivity index is 2.17. The van der Waals surface area contributed by atoms with Crippen LogP contribution < -0.4 is 5.32 Å². The van der Waals surface area contributed by atoms with Gasteiger partial charge in [0.05, 0.1) is 16.9 Å². The van der Waals surface area contributed by atoms with Crippen molar-refractivity contribution in [3.05, 3.63) is 53.6 Å². The molecule has 0 aliphatic heterocycles. The number of aromatic nitrogens is 2. The molecule has 5 heteroatoms. The minimum atomic E-state index is -0.470. The first-order chi connectivity index (χ1) is 10.9. The first-order valence-electron chi connectivity index (χ1n) is 7.25.